The minimum Gasteiger partial charge on any atom is -0.503 e. The largest absolute Gasteiger partial charge is 0.503 e. The molecule has 1 atom stereocenters. The number of aliphatic hydroxyl groups excluding tert-OH is 1. The minimum absolute atomic E-state index is 0.0227. The molecule has 1 aliphatic heterocycles. The van der Waals surface area contributed by atoms with E-state index in [1.807, 2.05) is 62.3 Å². The first-order valence-electron chi connectivity index (χ1n) is 12.7. The fourth-order valence-electron chi connectivity index (χ4n) is 4.49. The SMILES string of the molecule is Cc1ccc(C(=O)C2=C(O)C(=O)N(CCCN(C)C)[C@H]2c2ccc(OCCOc3ccccc3C)cc2)o1. The van der Waals surface area contributed by atoms with Crippen LogP contribution in [0, 0.1) is 13.8 Å². The number of ketones is 1. The van der Waals surface area contributed by atoms with Gasteiger partial charge in [-0.2, -0.15) is 0 Å². The Bertz CT molecular complexity index is 1310. The number of rotatable bonds is 12. The first kappa shape index (κ1) is 27.0. The zero-order valence-electron chi connectivity index (χ0n) is 22.3. The van der Waals surface area contributed by atoms with Gasteiger partial charge in [0.25, 0.3) is 5.91 Å². The van der Waals surface area contributed by atoms with Crippen LogP contribution in [0.2, 0.25) is 0 Å². The quantitative estimate of drug-likeness (QED) is 0.270. The van der Waals surface area contributed by atoms with Crippen LogP contribution in [0.15, 0.2) is 76.4 Å². The molecule has 2 heterocycles. The van der Waals surface area contributed by atoms with E-state index in [9.17, 15) is 14.7 Å². The van der Waals surface area contributed by atoms with Crippen LogP contribution < -0.4 is 9.47 Å². The van der Waals surface area contributed by atoms with Gasteiger partial charge < -0.3 is 28.8 Å². The molecule has 8 heteroatoms. The van der Waals surface area contributed by atoms with E-state index < -0.39 is 23.5 Å². The highest BCUT2D eigenvalue weighted by Crippen LogP contribution is 2.39. The van der Waals surface area contributed by atoms with Gasteiger partial charge >= 0.3 is 0 Å². The molecule has 0 unspecified atom stereocenters. The zero-order chi connectivity index (χ0) is 27.2. The molecule has 0 spiro atoms. The van der Waals surface area contributed by atoms with Crippen LogP contribution in [0.1, 0.15) is 39.9 Å². The summed E-state index contributed by atoms with van der Waals surface area (Å²) in [5.74, 6) is 0.519. The minimum atomic E-state index is -0.735. The second kappa shape index (κ2) is 12.0. The molecular formula is C30H34N2O6. The molecular weight excluding hydrogens is 484 g/mol. The summed E-state index contributed by atoms with van der Waals surface area (Å²) < 4.78 is 17.1. The van der Waals surface area contributed by atoms with Crippen LogP contribution >= 0.6 is 0 Å². The Balaban J connectivity index is 1.50. The number of carbonyl (C=O) groups is 2. The van der Waals surface area contributed by atoms with Gasteiger partial charge in [-0.15, -0.1) is 0 Å². The summed E-state index contributed by atoms with van der Waals surface area (Å²) in [5, 5.41) is 10.8. The number of benzene rings is 2. The van der Waals surface area contributed by atoms with Crippen molar-refractivity contribution in [1.82, 2.24) is 9.80 Å². The van der Waals surface area contributed by atoms with Crippen LogP contribution in [0.25, 0.3) is 0 Å². The smallest absolute Gasteiger partial charge is 0.290 e. The monoisotopic (exact) mass is 518 g/mol. The Hall–Kier alpha value is -4.04. The van der Waals surface area contributed by atoms with Crippen LogP contribution in [0.5, 0.6) is 11.5 Å². The maximum Gasteiger partial charge on any atom is 0.290 e. The number of aliphatic hydroxyl groups is 1. The van der Waals surface area contributed by atoms with E-state index in [1.165, 1.54) is 0 Å². The van der Waals surface area contributed by atoms with Gasteiger partial charge in [0.2, 0.25) is 5.78 Å². The summed E-state index contributed by atoms with van der Waals surface area (Å²) in [6.07, 6.45) is 0.686. The van der Waals surface area contributed by atoms with Crippen molar-refractivity contribution >= 4 is 11.7 Å². The standard InChI is InChI=1S/C30H34N2O6/c1-20-8-5-6-9-24(20)37-19-18-36-23-13-11-22(12-14-23)27-26(28(33)25-15-10-21(2)38-25)29(34)30(35)32(27)17-7-16-31(3)4/h5-6,8-15,27,34H,7,16-19H2,1-4H3/t27-/m0/s1. The first-order valence-corrected chi connectivity index (χ1v) is 12.7. The normalized spacial score (nSPS) is 15.4. The summed E-state index contributed by atoms with van der Waals surface area (Å²) >= 11 is 0. The molecule has 3 aromatic rings. The van der Waals surface area contributed by atoms with Gasteiger partial charge in [0.15, 0.2) is 11.5 Å². The van der Waals surface area contributed by atoms with Crippen molar-refractivity contribution in [3.63, 3.8) is 0 Å². The third kappa shape index (κ3) is 6.08. The molecule has 8 nitrogen and oxygen atoms in total. The van der Waals surface area contributed by atoms with Crippen molar-refractivity contribution in [2.24, 2.45) is 0 Å². The molecule has 0 saturated heterocycles. The number of aryl methyl sites for hydroxylation is 2. The summed E-state index contributed by atoms with van der Waals surface area (Å²) in [7, 11) is 3.91. The van der Waals surface area contributed by atoms with Gasteiger partial charge in [0.1, 0.15) is 30.5 Å². The van der Waals surface area contributed by atoms with Crippen molar-refractivity contribution in [3.05, 3.63) is 94.6 Å². The van der Waals surface area contributed by atoms with E-state index in [1.54, 1.807) is 36.1 Å². The molecule has 1 aromatic heterocycles. The lowest BCUT2D eigenvalue weighted by atomic mass is 9.95. The Morgan fingerprint density at radius 1 is 1.00 bits per heavy atom. The summed E-state index contributed by atoms with van der Waals surface area (Å²) in [6.45, 7) is 5.62. The number of carbonyl (C=O) groups excluding carboxylic acids is 2. The molecule has 1 N–H and O–H groups in total. The fraction of sp³-hybridized carbons (Fsp3) is 0.333. The summed E-state index contributed by atoms with van der Waals surface area (Å²) in [6, 6.07) is 17.5. The second-order valence-electron chi connectivity index (χ2n) is 9.59. The molecule has 2 aromatic carbocycles. The maximum absolute atomic E-state index is 13.4. The van der Waals surface area contributed by atoms with E-state index in [0.717, 1.165) is 17.9 Å². The lowest BCUT2D eigenvalue weighted by Gasteiger charge is -2.27. The van der Waals surface area contributed by atoms with Crippen LogP contribution in [0.4, 0.5) is 0 Å². The highest BCUT2D eigenvalue weighted by molar-refractivity contribution is 6.15. The highest BCUT2D eigenvalue weighted by atomic mass is 16.5. The average molecular weight is 519 g/mol. The van der Waals surface area contributed by atoms with Gasteiger partial charge in [0.05, 0.1) is 11.6 Å². The molecule has 0 saturated carbocycles. The predicted molar refractivity (Wildman–Crippen MR) is 144 cm³/mol. The van der Waals surface area contributed by atoms with Crippen LogP contribution in [-0.4, -0.2) is 67.0 Å². The third-order valence-electron chi connectivity index (χ3n) is 6.42. The summed E-state index contributed by atoms with van der Waals surface area (Å²) in [4.78, 5) is 30.0. The molecule has 0 bridgehead atoms. The number of Topliss-reactive ketones (excluding diaryl/α,β-unsaturated/α-hetero) is 1. The van der Waals surface area contributed by atoms with Crippen molar-refractivity contribution in [2.75, 3.05) is 40.4 Å². The number of hydrogen-bond acceptors (Lipinski definition) is 7. The van der Waals surface area contributed by atoms with Gasteiger partial charge in [0, 0.05) is 6.54 Å². The zero-order valence-corrected chi connectivity index (χ0v) is 22.3. The molecule has 0 fully saturated rings. The Morgan fingerprint density at radius 2 is 1.71 bits per heavy atom. The van der Waals surface area contributed by atoms with Gasteiger partial charge in [-0.1, -0.05) is 30.3 Å². The predicted octanol–water partition coefficient (Wildman–Crippen LogP) is 4.88. The second-order valence-corrected chi connectivity index (χ2v) is 9.59. The van der Waals surface area contributed by atoms with Crippen molar-refractivity contribution < 1.29 is 28.6 Å². The van der Waals surface area contributed by atoms with Crippen molar-refractivity contribution in [3.8, 4) is 11.5 Å². The molecule has 0 aliphatic carbocycles. The lowest BCUT2D eigenvalue weighted by molar-refractivity contribution is -0.129. The Morgan fingerprint density at radius 3 is 2.37 bits per heavy atom. The molecule has 0 radical (unpaired) electrons. The molecule has 1 amide bonds. The Labute approximate surface area is 223 Å². The van der Waals surface area contributed by atoms with E-state index in [4.69, 9.17) is 13.9 Å². The molecule has 200 valence electrons. The highest BCUT2D eigenvalue weighted by Gasteiger charge is 2.44. The maximum atomic E-state index is 13.4. The summed E-state index contributed by atoms with van der Waals surface area (Å²) in [5.41, 5.74) is 1.78. The number of hydrogen-bond donors (Lipinski definition) is 1. The van der Waals surface area contributed by atoms with E-state index in [0.29, 0.717) is 43.3 Å². The number of amides is 1. The lowest BCUT2D eigenvalue weighted by Crippen LogP contribution is -2.33. The number of furan rings is 1. The van der Waals surface area contributed by atoms with Crippen LogP contribution in [-0.2, 0) is 4.79 Å². The first-order chi connectivity index (χ1) is 18.3. The van der Waals surface area contributed by atoms with Gasteiger partial charge in [-0.05, 0) is 82.4 Å². The number of para-hydroxylation sites is 1. The third-order valence-corrected chi connectivity index (χ3v) is 6.42. The van der Waals surface area contributed by atoms with E-state index >= 15 is 0 Å². The van der Waals surface area contributed by atoms with Gasteiger partial charge in [-0.25, -0.2) is 0 Å². The molecule has 38 heavy (non-hydrogen) atoms. The fourth-order valence-corrected chi connectivity index (χ4v) is 4.49. The number of nitrogens with zero attached hydrogens (tertiary/aromatic N) is 2. The van der Waals surface area contributed by atoms with E-state index in [-0.39, 0.29) is 11.3 Å². The molecule has 4 rings (SSSR count). The van der Waals surface area contributed by atoms with Crippen LogP contribution in [0.3, 0.4) is 0 Å². The Kier molecular flexibility index (Phi) is 8.53. The topological polar surface area (TPSA) is 92.5 Å². The van der Waals surface area contributed by atoms with E-state index in [2.05, 4.69) is 0 Å². The average Bonchev–Trinajstić information content (AvgIpc) is 3.44. The van der Waals surface area contributed by atoms with Crippen molar-refractivity contribution in [2.45, 2.75) is 26.3 Å². The number of ether oxygens (including phenoxy) is 2. The molecule has 1 aliphatic rings. The van der Waals surface area contributed by atoms with Crippen molar-refractivity contribution in [1.29, 1.82) is 0 Å². The van der Waals surface area contributed by atoms with Gasteiger partial charge in [-0.3, -0.25) is 9.59 Å².